The molecule has 1 heterocycles. The van der Waals surface area contributed by atoms with Crippen LogP contribution in [0, 0.1) is 0 Å². The second-order valence-electron chi connectivity index (χ2n) is 7.62. The molecule has 0 amide bonds. The Bertz CT molecular complexity index is 967. The Kier molecular flexibility index (Phi) is 6.50. The first-order chi connectivity index (χ1) is 15.1. The summed E-state index contributed by atoms with van der Waals surface area (Å²) in [6, 6.07) is 24.6. The zero-order valence-electron chi connectivity index (χ0n) is 17.1. The minimum atomic E-state index is -1.54. The van der Waals surface area contributed by atoms with Crippen molar-refractivity contribution in [3.63, 3.8) is 0 Å². The number of benzene rings is 3. The summed E-state index contributed by atoms with van der Waals surface area (Å²) in [7, 11) is 0. The van der Waals surface area contributed by atoms with E-state index in [0.717, 1.165) is 16.7 Å². The van der Waals surface area contributed by atoms with E-state index in [4.69, 9.17) is 9.47 Å². The molecular formula is C25H25NO5. The van der Waals surface area contributed by atoms with Gasteiger partial charge in [0.05, 0.1) is 6.04 Å². The molecule has 2 atom stereocenters. The van der Waals surface area contributed by atoms with Crippen LogP contribution in [0.1, 0.15) is 16.7 Å². The van der Waals surface area contributed by atoms with Crippen LogP contribution in [-0.2, 0) is 24.3 Å². The van der Waals surface area contributed by atoms with Crippen LogP contribution in [-0.4, -0.2) is 40.0 Å². The van der Waals surface area contributed by atoms with Crippen LogP contribution in [0.3, 0.4) is 0 Å². The third-order valence-corrected chi connectivity index (χ3v) is 5.43. The smallest absolute Gasteiger partial charge is 0.334 e. The maximum absolute atomic E-state index is 11.8. The molecule has 6 nitrogen and oxygen atoms in total. The van der Waals surface area contributed by atoms with Crippen molar-refractivity contribution in [1.82, 2.24) is 4.90 Å². The topological polar surface area (TPSA) is 79.2 Å². The molecule has 0 spiro atoms. The molecule has 1 aliphatic rings. The van der Waals surface area contributed by atoms with Gasteiger partial charge in [-0.1, -0.05) is 66.7 Å². The monoisotopic (exact) mass is 419 g/mol. The number of nitrogens with zero attached hydrogens (tertiary/aromatic N) is 1. The van der Waals surface area contributed by atoms with E-state index in [1.54, 1.807) is 0 Å². The summed E-state index contributed by atoms with van der Waals surface area (Å²) in [5.41, 5.74) is 2.97. The summed E-state index contributed by atoms with van der Waals surface area (Å²) in [5, 5.41) is 20.3. The van der Waals surface area contributed by atoms with Gasteiger partial charge in [-0.2, -0.15) is 0 Å². The fourth-order valence-corrected chi connectivity index (χ4v) is 3.84. The lowest BCUT2D eigenvalue weighted by atomic mass is 9.97. The van der Waals surface area contributed by atoms with E-state index in [-0.39, 0.29) is 6.79 Å². The van der Waals surface area contributed by atoms with E-state index >= 15 is 0 Å². The molecule has 3 aromatic rings. The van der Waals surface area contributed by atoms with Crippen LogP contribution >= 0.6 is 0 Å². The first-order valence-corrected chi connectivity index (χ1v) is 10.2. The first-order valence-electron chi connectivity index (χ1n) is 10.2. The van der Waals surface area contributed by atoms with Gasteiger partial charge in [-0.3, -0.25) is 4.90 Å². The number of carbonyl (C=O) groups is 1. The summed E-state index contributed by atoms with van der Waals surface area (Å²) in [6.07, 6.45) is -1.19. The molecule has 0 aromatic heterocycles. The first kappa shape index (κ1) is 20.9. The number of aliphatic hydroxyl groups excluding tert-OH is 1. The van der Waals surface area contributed by atoms with Crippen molar-refractivity contribution < 1.29 is 24.5 Å². The quantitative estimate of drug-likeness (QED) is 0.553. The zero-order valence-corrected chi connectivity index (χ0v) is 17.1. The lowest BCUT2D eigenvalue weighted by Crippen LogP contribution is -2.47. The van der Waals surface area contributed by atoms with Crippen LogP contribution in [0.4, 0.5) is 0 Å². The van der Waals surface area contributed by atoms with Crippen molar-refractivity contribution in [3.8, 4) is 11.5 Å². The fraction of sp³-hybridized carbons (Fsp3) is 0.240. The average molecular weight is 419 g/mol. The van der Waals surface area contributed by atoms with Crippen LogP contribution in [0.15, 0.2) is 78.9 Å². The molecule has 0 radical (unpaired) electrons. The number of rotatable bonds is 9. The van der Waals surface area contributed by atoms with Gasteiger partial charge in [0.1, 0.15) is 0 Å². The Labute approximate surface area is 181 Å². The summed E-state index contributed by atoms with van der Waals surface area (Å²) in [6.45, 7) is 1.19. The van der Waals surface area contributed by atoms with Gasteiger partial charge in [-0.05, 0) is 35.2 Å². The molecule has 0 saturated heterocycles. The molecule has 6 heteroatoms. The van der Waals surface area contributed by atoms with Crippen molar-refractivity contribution in [2.75, 3.05) is 6.79 Å². The highest BCUT2D eigenvalue weighted by molar-refractivity contribution is 5.73. The maximum atomic E-state index is 11.8. The van der Waals surface area contributed by atoms with Gasteiger partial charge in [0, 0.05) is 13.1 Å². The average Bonchev–Trinajstić information content (AvgIpc) is 3.26. The summed E-state index contributed by atoms with van der Waals surface area (Å²) in [5.74, 6) is 0.0695. The Morgan fingerprint density at radius 1 is 0.839 bits per heavy atom. The summed E-state index contributed by atoms with van der Waals surface area (Å²) in [4.78, 5) is 13.8. The Morgan fingerprint density at radius 3 is 2.00 bits per heavy atom. The Balaban J connectivity index is 1.65. The fourth-order valence-electron chi connectivity index (χ4n) is 3.84. The standard InChI is InChI=1S/C25H25NO5/c27-24(25(28)29)21(13-20-11-12-22-23(14-20)31-17-30-22)26(15-18-7-3-1-4-8-18)16-19-9-5-2-6-10-19/h1-12,14,21,24,27H,13,15-17H2,(H,28,29). The molecule has 0 fully saturated rings. The van der Waals surface area contributed by atoms with Crippen LogP contribution in [0.25, 0.3) is 0 Å². The van der Waals surface area contributed by atoms with Gasteiger partial charge < -0.3 is 19.7 Å². The van der Waals surface area contributed by atoms with Crippen molar-refractivity contribution in [2.24, 2.45) is 0 Å². The van der Waals surface area contributed by atoms with Crippen LogP contribution < -0.4 is 9.47 Å². The molecule has 0 bridgehead atoms. The molecule has 2 N–H and O–H groups in total. The van der Waals surface area contributed by atoms with Gasteiger partial charge >= 0.3 is 5.97 Å². The Morgan fingerprint density at radius 2 is 1.42 bits per heavy atom. The Hall–Kier alpha value is -3.35. The van der Waals surface area contributed by atoms with Gasteiger partial charge in [0.2, 0.25) is 6.79 Å². The van der Waals surface area contributed by atoms with Gasteiger partial charge in [-0.25, -0.2) is 4.79 Å². The lowest BCUT2D eigenvalue weighted by Gasteiger charge is -2.34. The number of hydrogen-bond donors (Lipinski definition) is 2. The third-order valence-electron chi connectivity index (χ3n) is 5.43. The van der Waals surface area contributed by atoms with E-state index in [1.165, 1.54) is 0 Å². The number of fused-ring (bicyclic) bond motifs is 1. The van der Waals surface area contributed by atoms with Crippen LogP contribution in [0.2, 0.25) is 0 Å². The van der Waals surface area contributed by atoms with Crippen molar-refractivity contribution in [3.05, 3.63) is 95.6 Å². The highest BCUT2D eigenvalue weighted by Crippen LogP contribution is 2.33. The second kappa shape index (κ2) is 9.64. The second-order valence-corrected chi connectivity index (χ2v) is 7.62. The van der Waals surface area contributed by atoms with Crippen LogP contribution in [0.5, 0.6) is 11.5 Å². The number of hydrogen-bond acceptors (Lipinski definition) is 5. The minimum Gasteiger partial charge on any atom is -0.479 e. The molecule has 2 unspecified atom stereocenters. The third kappa shape index (κ3) is 5.23. The molecule has 160 valence electrons. The van der Waals surface area contributed by atoms with E-state index in [9.17, 15) is 15.0 Å². The van der Waals surface area contributed by atoms with Crippen molar-refractivity contribution in [2.45, 2.75) is 31.7 Å². The normalized spacial score (nSPS) is 14.4. The van der Waals surface area contributed by atoms with Crippen molar-refractivity contribution in [1.29, 1.82) is 0 Å². The van der Waals surface area contributed by atoms with E-state index in [1.807, 2.05) is 83.8 Å². The van der Waals surface area contributed by atoms with E-state index < -0.39 is 18.1 Å². The molecule has 3 aromatic carbocycles. The highest BCUT2D eigenvalue weighted by atomic mass is 16.7. The molecule has 1 aliphatic heterocycles. The van der Waals surface area contributed by atoms with Gasteiger partial charge in [-0.15, -0.1) is 0 Å². The predicted molar refractivity (Wildman–Crippen MR) is 116 cm³/mol. The molecule has 4 rings (SSSR count). The molecule has 0 saturated carbocycles. The minimum absolute atomic E-state index is 0.175. The van der Waals surface area contributed by atoms with Crippen molar-refractivity contribution >= 4 is 5.97 Å². The largest absolute Gasteiger partial charge is 0.479 e. The van der Waals surface area contributed by atoms with E-state index in [0.29, 0.717) is 31.0 Å². The van der Waals surface area contributed by atoms with E-state index in [2.05, 4.69) is 0 Å². The summed E-state index contributed by atoms with van der Waals surface area (Å²) >= 11 is 0. The zero-order chi connectivity index (χ0) is 21.6. The number of ether oxygens (including phenoxy) is 2. The highest BCUT2D eigenvalue weighted by Gasteiger charge is 2.32. The number of aliphatic carboxylic acids is 1. The number of carboxylic acids is 1. The van der Waals surface area contributed by atoms with Gasteiger partial charge in [0.15, 0.2) is 17.6 Å². The number of carboxylic acid groups (broad SMARTS) is 1. The maximum Gasteiger partial charge on any atom is 0.334 e. The van der Waals surface area contributed by atoms with Gasteiger partial charge in [0.25, 0.3) is 0 Å². The molecule has 31 heavy (non-hydrogen) atoms. The predicted octanol–water partition coefficient (Wildman–Crippen LogP) is 3.47. The molecule has 0 aliphatic carbocycles. The summed E-state index contributed by atoms with van der Waals surface area (Å²) < 4.78 is 10.8. The number of aliphatic hydroxyl groups is 1. The molecular weight excluding hydrogens is 394 g/mol. The lowest BCUT2D eigenvalue weighted by molar-refractivity contribution is -0.151. The SMILES string of the molecule is O=C(O)C(O)C(Cc1ccc2c(c1)OCO2)N(Cc1ccccc1)Cc1ccccc1.